The molecule has 0 aliphatic carbocycles. The average Bonchev–Trinajstić information content (AvgIpc) is 3.16. The second kappa shape index (κ2) is 8.89. The van der Waals surface area contributed by atoms with E-state index in [2.05, 4.69) is 33.9 Å². The minimum atomic E-state index is -3.37. The number of rotatable bonds is 8. The molecule has 26 heavy (non-hydrogen) atoms. The smallest absolute Gasteiger partial charge is 0.215 e. The third-order valence-electron chi connectivity index (χ3n) is 4.68. The Balaban J connectivity index is 1.44. The molecule has 0 saturated carbocycles. The summed E-state index contributed by atoms with van der Waals surface area (Å²) in [5, 5.41) is 0.482. The van der Waals surface area contributed by atoms with E-state index < -0.39 is 10.0 Å². The Morgan fingerprint density at radius 1 is 1.00 bits per heavy atom. The average molecular weight is 393 g/mol. The van der Waals surface area contributed by atoms with Crippen LogP contribution in [0.15, 0.2) is 48.5 Å². The molecule has 1 aliphatic rings. The summed E-state index contributed by atoms with van der Waals surface area (Å²) in [4.78, 5) is 2.41. The van der Waals surface area contributed by atoms with Crippen molar-refractivity contribution in [3.05, 3.63) is 64.7 Å². The number of hydrogen-bond acceptors (Lipinski definition) is 3. The highest BCUT2D eigenvalue weighted by atomic mass is 35.5. The van der Waals surface area contributed by atoms with Gasteiger partial charge in [0, 0.05) is 30.3 Å². The molecule has 0 unspecified atom stereocenters. The maximum absolute atomic E-state index is 12.2. The second-order valence-corrected chi connectivity index (χ2v) is 8.92. The molecule has 2 aromatic rings. The lowest BCUT2D eigenvalue weighted by molar-refractivity contribution is 0.578. The number of benzene rings is 2. The Morgan fingerprint density at radius 3 is 2.38 bits per heavy atom. The zero-order valence-electron chi connectivity index (χ0n) is 14.8. The first-order chi connectivity index (χ1) is 12.5. The number of aryl methyl sites for hydroxylation is 1. The highest BCUT2D eigenvalue weighted by molar-refractivity contribution is 7.88. The van der Waals surface area contributed by atoms with Crippen molar-refractivity contribution in [1.82, 2.24) is 4.72 Å². The van der Waals surface area contributed by atoms with Crippen LogP contribution in [0.5, 0.6) is 0 Å². The van der Waals surface area contributed by atoms with Gasteiger partial charge < -0.3 is 4.90 Å². The first-order valence-corrected chi connectivity index (χ1v) is 11.1. The second-order valence-electron chi connectivity index (χ2n) is 6.71. The van der Waals surface area contributed by atoms with Gasteiger partial charge in [0.1, 0.15) is 0 Å². The zero-order valence-corrected chi connectivity index (χ0v) is 16.4. The predicted molar refractivity (Wildman–Crippen MR) is 108 cm³/mol. The van der Waals surface area contributed by atoms with Crippen LogP contribution >= 0.6 is 11.6 Å². The van der Waals surface area contributed by atoms with E-state index in [4.69, 9.17) is 11.6 Å². The minimum Gasteiger partial charge on any atom is -0.372 e. The van der Waals surface area contributed by atoms with E-state index >= 15 is 0 Å². The van der Waals surface area contributed by atoms with Crippen LogP contribution in [0.4, 0.5) is 5.69 Å². The first-order valence-electron chi connectivity index (χ1n) is 9.08. The quantitative estimate of drug-likeness (QED) is 0.691. The molecule has 140 valence electrons. The maximum atomic E-state index is 12.2. The van der Waals surface area contributed by atoms with Crippen molar-refractivity contribution >= 4 is 27.3 Å². The van der Waals surface area contributed by atoms with Crippen molar-refractivity contribution in [2.24, 2.45) is 0 Å². The number of sulfonamides is 1. The summed E-state index contributed by atoms with van der Waals surface area (Å²) in [5.74, 6) is -0.0861. The fourth-order valence-electron chi connectivity index (χ4n) is 3.24. The van der Waals surface area contributed by atoms with Crippen molar-refractivity contribution in [3.8, 4) is 0 Å². The van der Waals surface area contributed by atoms with Crippen LogP contribution < -0.4 is 9.62 Å². The lowest BCUT2D eigenvalue weighted by Crippen LogP contribution is -2.26. The van der Waals surface area contributed by atoms with Gasteiger partial charge in [0.2, 0.25) is 10.0 Å². The highest BCUT2D eigenvalue weighted by Crippen LogP contribution is 2.21. The van der Waals surface area contributed by atoms with Crippen molar-refractivity contribution in [1.29, 1.82) is 0 Å². The van der Waals surface area contributed by atoms with Crippen LogP contribution in [0.25, 0.3) is 0 Å². The largest absolute Gasteiger partial charge is 0.372 e. The molecule has 1 fully saturated rings. The molecule has 1 heterocycles. The first kappa shape index (κ1) is 19.2. The lowest BCUT2D eigenvalue weighted by atomic mass is 10.1. The minimum absolute atomic E-state index is 0.0861. The van der Waals surface area contributed by atoms with Gasteiger partial charge in [0.25, 0.3) is 0 Å². The molecule has 1 saturated heterocycles. The Labute approximate surface area is 161 Å². The standard InChI is InChI=1S/C20H25ClN2O2S/c21-20-8-2-1-7-18(20)16-26(24,25)22-13-5-6-17-9-11-19(12-10-17)23-14-3-4-15-23/h1-2,7-12,22H,3-6,13-16H2. The van der Waals surface area contributed by atoms with E-state index in [9.17, 15) is 8.42 Å². The van der Waals surface area contributed by atoms with Crippen LogP contribution in [0.2, 0.25) is 5.02 Å². The topological polar surface area (TPSA) is 49.4 Å². The molecule has 2 aromatic carbocycles. The summed E-state index contributed by atoms with van der Waals surface area (Å²) < 4.78 is 27.0. The Bertz CT molecular complexity index is 816. The summed E-state index contributed by atoms with van der Waals surface area (Å²) in [6.45, 7) is 2.72. The monoisotopic (exact) mass is 392 g/mol. The molecule has 1 N–H and O–H groups in total. The molecule has 6 heteroatoms. The maximum Gasteiger partial charge on any atom is 0.215 e. The summed E-state index contributed by atoms with van der Waals surface area (Å²) in [6, 6.07) is 15.7. The Morgan fingerprint density at radius 2 is 1.69 bits per heavy atom. The summed E-state index contributed by atoms with van der Waals surface area (Å²) in [5.41, 5.74) is 3.14. The Hall–Kier alpha value is -1.56. The zero-order chi connectivity index (χ0) is 18.4. The van der Waals surface area contributed by atoms with Crippen molar-refractivity contribution in [2.75, 3.05) is 24.5 Å². The van der Waals surface area contributed by atoms with E-state index in [1.165, 1.54) is 24.1 Å². The van der Waals surface area contributed by atoms with Crippen molar-refractivity contribution in [3.63, 3.8) is 0 Å². The van der Waals surface area contributed by atoms with Crippen LogP contribution in [0, 0.1) is 0 Å². The number of halogens is 1. The van der Waals surface area contributed by atoms with Gasteiger partial charge in [-0.05, 0) is 55.0 Å². The van der Waals surface area contributed by atoms with E-state index in [0.29, 0.717) is 17.1 Å². The van der Waals surface area contributed by atoms with Gasteiger partial charge in [-0.15, -0.1) is 0 Å². The molecule has 0 aromatic heterocycles. The fourth-order valence-corrected chi connectivity index (χ4v) is 4.74. The van der Waals surface area contributed by atoms with Gasteiger partial charge in [-0.1, -0.05) is 41.9 Å². The molecule has 0 amide bonds. The van der Waals surface area contributed by atoms with Gasteiger partial charge >= 0.3 is 0 Å². The number of nitrogens with one attached hydrogen (secondary N) is 1. The SMILES string of the molecule is O=S(=O)(Cc1ccccc1Cl)NCCCc1ccc(N2CCCC2)cc1. The fraction of sp³-hybridized carbons (Fsp3) is 0.400. The molecule has 3 rings (SSSR count). The van der Waals surface area contributed by atoms with Gasteiger partial charge in [-0.2, -0.15) is 0 Å². The van der Waals surface area contributed by atoms with Crippen LogP contribution in [0.3, 0.4) is 0 Å². The van der Waals surface area contributed by atoms with Crippen LogP contribution in [-0.2, 0) is 22.2 Å². The molecular weight excluding hydrogens is 368 g/mol. The van der Waals surface area contributed by atoms with Gasteiger partial charge in [-0.3, -0.25) is 0 Å². The molecule has 0 bridgehead atoms. The molecule has 1 aliphatic heterocycles. The molecule has 0 atom stereocenters. The summed E-state index contributed by atoms with van der Waals surface area (Å²) >= 11 is 6.04. The van der Waals surface area contributed by atoms with Gasteiger partial charge in [0.15, 0.2) is 0 Å². The highest BCUT2D eigenvalue weighted by Gasteiger charge is 2.13. The third-order valence-corrected chi connectivity index (χ3v) is 6.38. The van der Waals surface area contributed by atoms with E-state index in [0.717, 1.165) is 25.9 Å². The molecule has 4 nitrogen and oxygen atoms in total. The molecular formula is C20H25ClN2O2S. The number of hydrogen-bond donors (Lipinski definition) is 1. The lowest BCUT2D eigenvalue weighted by Gasteiger charge is -2.17. The van der Waals surface area contributed by atoms with Crippen molar-refractivity contribution in [2.45, 2.75) is 31.4 Å². The van der Waals surface area contributed by atoms with E-state index in [-0.39, 0.29) is 5.75 Å². The Kier molecular flexibility index (Phi) is 6.57. The number of anilines is 1. The normalized spacial score (nSPS) is 14.7. The molecule has 0 radical (unpaired) electrons. The van der Waals surface area contributed by atoms with Gasteiger partial charge in [0.05, 0.1) is 5.75 Å². The third kappa shape index (κ3) is 5.47. The van der Waals surface area contributed by atoms with Crippen LogP contribution in [0.1, 0.15) is 30.4 Å². The van der Waals surface area contributed by atoms with E-state index in [1.807, 2.05) is 0 Å². The van der Waals surface area contributed by atoms with Crippen LogP contribution in [-0.4, -0.2) is 28.1 Å². The summed E-state index contributed by atoms with van der Waals surface area (Å²) in [6.07, 6.45) is 4.17. The van der Waals surface area contributed by atoms with E-state index in [1.54, 1.807) is 24.3 Å². The van der Waals surface area contributed by atoms with Crippen molar-refractivity contribution < 1.29 is 8.42 Å². The molecule has 0 spiro atoms. The number of nitrogens with zero attached hydrogens (tertiary/aromatic N) is 1. The predicted octanol–water partition coefficient (Wildman–Crippen LogP) is 3.99. The van der Waals surface area contributed by atoms with Gasteiger partial charge in [-0.25, -0.2) is 13.1 Å². The summed E-state index contributed by atoms with van der Waals surface area (Å²) in [7, 11) is -3.37.